The predicted octanol–water partition coefficient (Wildman–Crippen LogP) is 2.49. The molecule has 4 rings (SSSR count). The summed E-state index contributed by atoms with van der Waals surface area (Å²) in [5, 5.41) is 2.18. The number of aromatic nitrogens is 3. The van der Waals surface area contributed by atoms with Gasteiger partial charge < -0.3 is 19.1 Å². The fraction of sp³-hybridized carbons (Fsp3) is 0.364. The molecule has 0 aliphatic carbocycles. The number of rotatable bonds is 5. The van der Waals surface area contributed by atoms with Gasteiger partial charge in [-0.1, -0.05) is 24.3 Å². The van der Waals surface area contributed by atoms with Crippen LogP contribution in [0.4, 0.5) is 0 Å². The predicted molar refractivity (Wildman–Crippen MR) is 111 cm³/mol. The molecule has 8 heteroatoms. The Hall–Kier alpha value is -3.26. The van der Waals surface area contributed by atoms with E-state index in [-0.39, 0.29) is 24.4 Å². The molecule has 3 aromatic rings. The van der Waals surface area contributed by atoms with Crippen LogP contribution in [0.2, 0.25) is 0 Å². The first-order valence-electron chi connectivity index (χ1n) is 9.78. The fourth-order valence-corrected chi connectivity index (χ4v) is 3.60. The summed E-state index contributed by atoms with van der Waals surface area (Å²) in [5.41, 5.74) is 2.15. The fourth-order valence-electron chi connectivity index (χ4n) is 3.60. The lowest BCUT2D eigenvalue weighted by Gasteiger charge is -2.33. The second-order valence-corrected chi connectivity index (χ2v) is 7.12. The van der Waals surface area contributed by atoms with Gasteiger partial charge in [0.25, 0.3) is 0 Å². The number of aryl methyl sites for hydroxylation is 1. The van der Waals surface area contributed by atoms with Crippen molar-refractivity contribution < 1.29 is 19.0 Å². The first-order valence-corrected chi connectivity index (χ1v) is 9.78. The summed E-state index contributed by atoms with van der Waals surface area (Å²) in [5.74, 6) is 0.327. The summed E-state index contributed by atoms with van der Waals surface area (Å²) in [4.78, 5) is 27.9. The second kappa shape index (κ2) is 8.62. The molecule has 1 aliphatic rings. The van der Waals surface area contributed by atoms with Crippen molar-refractivity contribution in [2.75, 3.05) is 33.9 Å². The molecule has 0 N–H and O–H groups in total. The number of nitrogens with zero attached hydrogens (tertiary/aromatic N) is 4. The number of morpholine rings is 1. The Bertz CT molecular complexity index is 1070. The Morgan fingerprint density at radius 2 is 2.00 bits per heavy atom. The smallest absolute Gasteiger partial charge is 0.319 e. The van der Waals surface area contributed by atoms with Crippen LogP contribution in [0.15, 0.2) is 36.5 Å². The van der Waals surface area contributed by atoms with Crippen molar-refractivity contribution in [1.82, 2.24) is 19.9 Å². The van der Waals surface area contributed by atoms with Gasteiger partial charge in [-0.3, -0.25) is 9.78 Å². The molecule has 1 amide bonds. The minimum atomic E-state index is -0.262. The standard InChI is InChI=1S/C22H24N4O4/c1-14-17(21(28-2)25-22(24-14)29-3)11-20(27)26-8-9-30-19(13-26)18-10-15-6-4-5-7-16(15)12-23-18/h4-7,10,12,19H,8-9,11,13H2,1-3H3. The Labute approximate surface area is 174 Å². The highest BCUT2D eigenvalue weighted by Gasteiger charge is 2.28. The van der Waals surface area contributed by atoms with Crippen LogP contribution in [0.3, 0.4) is 0 Å². The average Bonchev–Trinajstić information content (AvgIpc) is 2.79. The third-order valence-electron chi connectivity index (χ3n) is 5.26. The van der Waals surface area contributed by atoms with E-state index in [9.17, 15) is 4.79 Å². The number of benzene rings is 1. The molecule has 30 heavy (non-hydrogen) atoms. The number of ether oxygens (including phenoxy) is 3. The van der Waals surface area contributed by atoms with Crippen LogP contribution < -0.4 is 9.47 Å². The van der Waals surface area contributed by atoms with Gasteiger partial charge in [0, 0.05) is 23.7 Å². The zero-order chi connectivity index (χ0) is 21.1. The van der Waals surface area contributed by atoms with Crippen LogP contribution >= 0.6 is 0 Å². The molecule has 0 bridgehead atoms. The maximum absolute atomic E-state index is 13.0. The molecule has 1 aliphatic heterocycles. The summed E-state index contributed by atoms with van der Waals surface area (Å²) < 4.78 is 16.4. The van der Waals surface area contributed by atoms with Gasteiger partial charge >= 0.3 is 6.01 Å². The Balaban J connectivity index is 1.51. The molecule has 1 unspecified atom stereocenters. The number of fused-ring (bicyclic) bond motifs is 1. The monoisotopic (exact) mass is 408 g/mol. The van der Waals surface area contributed by atoms with Crippen molar-refractivity contribution in [3.63, 3.8) is 0 Å². The minimum Gasteiger partial charge on any atom is -0.481 e. The number of carbonyl (C=O) groups excluding carboxylic acids is 1. The number of hydrogen-bond acceptors (Lipinski definition) is 7. The normalized spacial score (nSPS) is 16.5. The van der Waals surface area contributed by atoms with E-state index in [1.165, 1.54) is 14.2 Å². The zero-order valence-electron chi connectivity index (χ0n) is 17.3. The summed E-state index contributed by atoms with van der Waals surface area (Å²) >= 11 is 0. The summed E-state index contributed by atoms with van der Waals surface area (Å²) in [6.45, 7) is 3.25. The lowest BCUT2D eigenvalue weighted by atomic mass is 10.1. The van der Waals surface area contributed by atoms with Crippen LogP contribution in [0.1, 0.15) is 23.1 Å². The first kappa shape index (κ1) is 20.0. The van der Waals surface area contributed by atoms with E-state index >= 15 is 0 Å². The van der Waals surface area contributed by atoms with Crippen LogP contribution in [-0.4, -0.2) is 59.7 Å². The van der Waals surface area contributed by atoms with E-state index in [1.54, 1.807) is 4.90 Å². The molecule has 3 heterocycles. The maximum atomic E-state index is 13.0. The minimum absolute atomic E-state index is 0.0285. The highest BCUT2D eigenvalue weighted by Crippen LogP contribution is 2.26. The number of carbonyl (C=O) groups is 1. The molecule has 1 atom stereocenters. The molecule has 2 aromatic heterocycles. The van der Waals surface area contributed by atoms with Gasteiger partial charge in [0.2, 0.25) is 11.8 Å². The number of hydrogen-bond donors (Lipinski definition) is 0. The molecule has 1 fully saturated rings. The van der Waals surface area contributed by atoms with Crippen molar-refractivity contribution in [1.29, 1.82) is 0 Å². The van der Waals surface area contributed by atoms with Crippen molar-refractivity contribution in [3.8, 4) is 11.9 Å². The number of pyridine rings is 1. The van der Waals surface area contributed by atoms with Gasteiger partial charge in [-0.15, -0.1) is 0 Å². The van der Waals surface area contributed by atoms with Gasteiger partial charge in [-0.05, 0) is 18.4 Å². The maximum Gasteiger partial charge on any atom is 0.319 e. The number of amides is 1. The zero-order valence-corrected chi connectivity index (χ0v) is 17.3. The SMILES string of the molecule is COc1nc(C)c(CC(=O)N2CCOC(c3cc4ccccc4cn3)C2)c(OC)n1. The molecule has 0 saturated carbocycles. The topological polar surface area (TPSA) is 86.7 Å². The molecular weight excluding hydrogens is 384 g/mol. The third-order valence-corrected chi connectivity index (χ3v) is 5.26. The van der Waals surface area contributed by atoms with E-state index in [1.807, 2.05) is 43.5 Å². The summed E-state index contributed by atoms with van der Waals surface area (Å²) in [6, 6.07) is 10.3. The van der Waals surface area contributed by atoms with Crippen molar-refractivity contribution in [2.45, 2.75) is 19.4 Å². The van der Waals surface area contributed by atoms with Crippen LogP contribution in [0.25, 0.3) is 10.8 Å². The van der Waals surface area contributed by atoms with E-state index in [0.717, 1.165) is 16.5 Å². The quantitative estimate of drug-likeness (QED) is 0.641. The molecule has 1 saturated heterocycles. The van der Waals surface area contributed by atoms with Crippen molar-refractivity contribution >= 4 is 16.7 Å². The second-order valence-electron chi connectivity index (χ2n) is 7.12. The molecular formula is C22H24N4O4. The van der Waals surface area contributed by atoms with Crippen LogP contribution in [0, 0.1) is 6.92 Å². The summed E-state index contributed by atoms with van der Waals surface area (Å²) in [7, 11) is 3.01. The van der Waals surface area contributed by atoms with Crippen molar-refractivity contribution in [3.05, 3.63) is 53.5 Å². The Morgan fingerprint density at radius 3 is 2.77 bits per heavy atom. The largest absolute Gasteiger partial charge is 0.481 e. The highest BCUT2D eigenvalue weighted by atomic mass is 16.5. The van der Waals surface area contributed by atoms with Gasteiger partial charge in [-0.2, -0.15) is 4.98 Å². The van der Waals surface area contributed by atoms with Crippen molar-refractivity contribution in [2.24, 2.45) is 0 Å². The van der Waals surface area contributed by atoms with Crippen LogP contribution in [0.5, 0.6) is 11.9 Å². The lowest BCUT2D eigenvalue weighted by molar-refractivity contribution is -0.138. The molecule has 0 spiro atoms. The van der Waals surface area contributed by atoms with Gasteiger partial charge in [-0.25, -0.2) is 4.98 Å². The lowest BCUT2D eigenvalue weighted by Crippen LogP contribution is -2.43. The molecule has 0 radical (unpaired) electrons. The third kappa shape index (κ3) is 4.04. The Morgan fingerprint density at radius 1 is 1.20 bits per heavy atom. The highest BCUT2D eigenvalue weighted by molar-refractivity contribution is 5.82. The average molecular weight is 408 g/mol. The van der Waals surface area contributed by atoms with Crippen LogP contribution in [-0.2, 0) is 16.0 Å². The van der Waals surface area contributed by atoms with Gasteiger partial charge in [0.15, 0.2) is 0 Å². The molecule has 156 valence electrons. The van der Waals surface area contributed by atoms with E-state index < -0.39 is 0 Å². The van der Waals surface area contributed by atoms with E-state index in [4.69, 9.17) is 14.2 Å². The van der Waals surface area contributed by atoms with Gasteiger partial charge in [0.05, 0.1) is 45.2 Å². The molecule has 1 aromatic carbocycles. The first-order chi connectivity index (χ1) is 14.6. The van der Waals surface area contributed by atoms with E-state index in [0.29, 0.717) is 36.8 Å². The Kier molecular flexibility index (Phi) is 5.76. The molecule has 8 nitrogen and oxygen atoms in total. The van der Waals surface area contributed by atoms with Gasteiger partial charge in [0.1, 0.15) is 6.10 Å². The van der Waals surface area contributed by atoms with E-state index in [2.05, 4.69) is 15.0 Å². The summed E-state index contributed by atoms with van der Waals surface area (Å²) in [6.07, 6.45) is 1.73. The number of methoxy groups -OCH3 is 2.